The molecule has 0 radical (unpaired) electrons. The third-order valence-corrected chi connectivity index (χ3v) is 3.88. The number of hydrogen-bond acceptors (Lipinski definition) is 2. The van der Waals surface area contributed by atoms with Crippen LogP contribution in [0.4, 0.5) is 0 Å². The molecule has 0 fully saturated rings. The Morgan fingerprint density at radius 2 is 1.95 bits per heavy atom. The Morgan fingerprint density at radius 3 is 2.52 bits per heavy atom. The van der Waals surface area contributed by atoms with Crippen molar-refractivity contribution in [2.75, 3.05) is 6.54 Å². The molecular formula is C17H25NO3. The van der Waals surface area contributed by atoms with Gasteiger partial charge in [-0.25, -0.2) is 4.79 Å². The summed E-state index contributed by atoms with van der Waals surface area (Å²) >= 11 is 0. The van der Waals surface area contributed by atoms with Crippen molar-refractivity contribution in [1.29, 1.82) is 0 Å². The molecule has 21 heavy (non-hydrogen) atoms. The largest absolute Gasteiger partial charge is 0.478 e. The van der Waals surface area contributed by atoms with Gasteiger partial charge in [-0.15, -0.1) is 0 Å². The Hall–Kier alpha value is -1.84. The summed E-state index contributed by atoms with van der Waals surface area (Å²) in [5.41, 5.74) is 1.31. The average Bonchev–Trinajstić information content (AvgIpc) is 2.37. The maximum atomic E-state index is 11.9. The zero-order chi connectivity index (χ0) is 16.0. The highest BCUT2D eigenvalue weighted by atomic mass is 16.4. The molecule has 0 aliphatic rings. The van der Waals surface area contributed by atoms with Crippen molar-refractivity contribution < 1.29 is 14.7 Å². The topological polar surface area (TPSA) is 66.4 Å². The van der Waals surface area contributed by atoms with Gasteiger partial charge in [0, 0.05) is 13.0 Å². The summed E-state index contributed by atoms with van der Waals surface area (Å²) in [5.74, 6) is -0.570. The van der Waals surface area contributed by atoms with Crippen LogP contribution in [-0.2, 0) is 11.2 Å². The Balaban J connectivity index is 2.42. The van der Waals surface area contributed by atoms with Crippen molar-refractivity contribution in [1.82, 2.24) is 5.32 Å². The third kappa shape index (κ3) is 5.98. The van der Waals surface area contributed by atoms with Crippen molar-refractivity contribution >= 4 is 11.9 Å². The highest BCUT2D eigenvalue weighted by Crippen LogP contribution is 2.27. The molecule has 4 heteroatoms. The van der Waals surface area contributed by atoms with E-state index in [1.54, 1.807) is 18.2 Å². The van der Waals surface area contributed by atoms with Crippen LogP contribution in [0.5, 0.6) is 0 Å². The molecule has 116 valence electrons. The second-order valence-electron chi connectivity index (χ2n) is 6.58. The number of carboxylic acid groups (broad SMARTS) is 1. The average molecular weight is 291 g/mol. The summed E-state index contributed by atoms with van der Waals surface area (Å²) in [5, 5.41) is 11.8. The first kappa shape index (κ1) is 17.2. The molecule has 1 aromatic carbocycles. The predicted octanol–water partition coefficient (Wildman–Crippen LogP) is 3.12. The maximum absolute atomic E-state index is 11.9. The molecule has 0 spiro atoms. The first-order chi connectivity index (χ1) is 9.70. The standard InChI is InChI=1S/C17H25NO3/c1-12(17(2,3)4)10-15(19)18-9-8-13-6-5-7-14(11-13)16(20)21/h5-7,11-12H,8-10H2,1-4H3,(H,18,19)(H,20,21). The molecule has 1 aromatic rings. The highest BCUT2D eigenvalue weighted by molar-refractivity contribution is 5.87. The zero-order valence-electron chi connectivity index (χ0n) is 13.3. The smallest absolute Gasteiger partial charge is 0.335 e. The number of hydrogen-bond donors (Lipinski definition) is 2. The third-order valence-electron chi connectivity index (χ3n) is 3.88. The summed E-state index contributed by atoms with van der Waals surface area (Å²) < 4.78 is 0. The zero-order valence-corrected chi connectivity index (χ0v) is 13.3. The molecule has 0 aliphatic heterocycles. The van der Waals surface area contributed by atoms with Crippen LogP contribution in [-0.4, -0.2) is 23.5 Å². The van der Waals surface area contributed by atoms with Gasteiger partial charge >= 0.3 is 5.97 Å². The second-order valence-corrected chi connectivity index (χ2v) is 6.58. The number of rotatable bonds is 6. The lowest BCUT2D eigenvalue weighted by Crippen LogP contribution is -2.30. The minimum Gasteiger partial charge on any atom is -0.478 e. The van der Waals surface area contributed by atoms with E-state index in [0.29, 0.717) is 25.3 Å². The minimum atomic E-state index is -0.931. The van der Waals surface area contributed by atoms with E-state index in [9.17, 15) is 9.59 Å². The Morgan fingerprint density at radius 1 is 1.29 bits per heavy atom. The Labute approximate surface area is 126 Å². The Kier molecular flexibility index (Phi) is 5.94. The number of amides is 1. The molecule has 2 N–H and O–H groups in total. The number of benzene rings is 1. The lowest BCUT2D eigenvalue weighted by Gasteiger charge is -2.26. The molecule has 1 amide bonds. The van der Waals surface area contributed by atoms with E-state index in [-0.39, 0.29) is 16.9 Å². The van der Waals surface area contributed by atoms with Gasteiger partial charge in [0.15, 0.2) is 0 Å². The molecule has 0 saturated heterocycles. The number of carboxylic acids is 1. The van der Waals surface area contributed by atoms with Crippen LogP contribution < -0.4 is 5.32 Å². The van der Waals surface area contributed by atoms with Crippen LogP contribution in [0.2, 0.25) is 0 Å². The first-order valence-corrected chi connectivity index (χ1v) is 7.29. The second kappa shape index (κ2) is 7.25. The van der Waals surface area contributed by atoms with Crippen molar-refractivity contribution in [2.45, 2.75) is 40.5 Å². The quantitative estimate of drug-likeness (QED) is 0.846. The van der Waals surface area contributed by atoms with E-state index < -0.39 is 5.97 Å². The molecule has 0 saturated carbocycles. The van der Waals surface area contributed by atoms with E-state index in [2.05, 4.69) is 33.0 Å². The normalized spacial score (nSPS) is 12.8. The summed E-state index contributed by atoms with van der Waals surface area (Å²) in [4.78, 5) is 22.7. The fraction of sp³-hybridized carbons (Fsp3) is 0.529. The fourth-order valence-electron chi connectivity index (χ4n) is 1.86. The van der Waals surface area contributed by atoms with Crippen LogP contribution in [0.25, 0.3) is 0 Å². The van der Waals surface area contributed by atoms with Gasteiger partial charge in [-0.05, 0) is 35.4 Å². The van der Waals surface area contributed by atoms with Gasteiger partial charge in [0.05, 0.1) is 5.56 Å². The number of nitrogens with one attached hydrogen (secondary N) is 1. The van der Waals surface area contributed by atoms with Gasteiger partial charge < -0.3 is 10.4 Å². The van der Waals surface area contributed by atoms with E-state index in [1.165, 1.54) is 0 Å². The molecule has 0 aliphatic carbocycles. The van der Waals surface area contributed by atoms with Gasteiger partial charge in [-0.3, -0.25) is 4.79 Å². The van der Waals surface area contributed by atoms with Crippen LogP contribution in [0.15, 0.2) is 24.3 Å². The summed E-state index contributed by atoms with van der Waals surface area (Å²) in [6.45, 7) is 8.99. The molecule has 0 aromatic heterocycles. The Bertz CT molecular complexity index is 503. The van der Waals surface area contributed by atoms with Gasteiger partial charge in [0.2, 0.25) is 5.91 Å². The van der Waals surface area contributed by atoms with E-state index in [0.717, 1.165) is 5.56 Å². The van der Waals surface area contributed by atoms with E-state index >= 15 is 0 Å². The first-order valence-electron chi connectivity index (χ1n) is 7.29. The van der Waals surface area contributed by atoms with Crippen molar-refractivity contribution in [3.05, 3.63) is 35.4 Å². The molecule has 1 atom stereocenters. The molecule has 4 nitrogen and oxygen atoms in total. The van der Waals surface area contributed by atoms with Crippen molar-refractivity contribution in [2.24, 2.45) is 11.3 Å². The lowest BCUT2D eigenvalue weighted by molar-refractivity contribution is -0.122. The number of aromatic carboxylic acids is 1. The highest BCUT2D eigenvalue weighted by Gasteiger charge is 2.22. The van der Waals surface area contributed by atoms with Crippen LogP contribution in [0.3, 0.4) is 0 Å². The maximum Gasteiger partial charge on any atom is 0.335 e. The van der Waals surface area contributed by atoms with Crippen molar-refractivity contribution in [3.8, 4) is 0 Å². The molecule has 1 unspecified atom stereocenters. The minimum absolute atomic E-state index is 0.0480. The number of carbonyl (C=O) groups is 2. The van der Waals surface area contributed by atoms with Gasteiger partial charge in [-0.2, -0.15) is 0 Å². The molecule has 0 heterocycles. The monoisotopic (exact) mass is 291 g/mol. The summed E-state index contributed by atoms with van der Waals surface area (Å²) in [6.07, 6.45) is 1.15. The van der Waals surface area contributed by atoms with Crippen LogP contribution >= 0.6 is 0 Å². The molecule has 1 rings (SSSR count). The van der Waals surface area contributed by atoms with Crippen LogP contribution in [0, 0.1) is 11.3 Å². The predicted molar refractivity (Wildman–Crippen MR) is 83.4 cm³/mol. The van der Waals surface area contributed by atoms with Crippen molar-refractivity contribution in [3.63, 3.8) is 0 Å². The van der Waals surface area contributed by atoms with Crippen LogP contribution in [0.1, 0.15) is 50.0 Å². The SMILES string of the molecule is CC(CC(=O)NCCc1cccc(C(=O)O)c1)C(C)(C)C. The van der Waals surface area contributed by atoms with Gasteiger partial charge in [0.25, 0.3) is 0 Å². The molecule has 0 bridgehead atoms. The van der Waals surface area contributed by atoms with E-state index in [4.69, 9.17) is 5.11 Å². The number of carbonyl (C=O) groups excluding carboxylic acids is 1. The fourth-order valence-corrected chi connectivity index (χ4v) is 1.86. The van der Waals surface area contributed by atoms with E-state index in [1.807, 2.05) is 6.07 Å². The van der Waals surface area contributed by atoms with Gasteiger partial charge in [0.1, 0.15) is 0 Å². The lowest BCUT2D eigenvalue weighted by atomic mass is 9.80. The summed E-state index contributed by atoms with van der Waals surface area (Å²) in [7, 11) is 0. The van der Waals surface area contributed by atoms with Gasteiger partial charge in [-0.1, -0.05) is 39.8 Å². The summed E-state index contributed by atoms with van der Waals surface area (Å²) in [6, 6.07) is 6.81. The molecular weight excluding hydrogens is 266 g/mol.